The fourth-order valence-corrected chi connectivity index (χ4v) is 1.97. The highest BCUT2D eigenvalue weighted by molar-refractivity contribution is 5.39. The van der Waals surface area contributed by atoms with Gasteiger partial charge in [0, 0.05) is 19.3 Å². The van der Waals surface area contributed by atoms with Crippen LogP contribution >= 0.6 is 0 Å². The molecule has 0 radical (unpaired) electrons. The molecule has 4 nitrogen and oxygen atoms in total. The van der Waals surface area contributed by atoms with Gasteiger partial charge in [-0.2, -0.15) is 4.98 Å². The summed E-state index contributed by atoms with van der Waals surface area (Å²) in [6.07, 6.45) is 2.54. The lowest BCUT2D eigenvalue weighted by molar-refractivity contribution is 0.625. The van der Waals surface area contributed by atoms with Gasteiger partial charge in [-0.1, -0.05) is 6.07 Å². The third-order valence-corrected chi connectivity index (χ3v) is 3.00. The van der Waals surface area contributed by atoms with E-state index < -0.39 is 0 Å². The van der Waals surface area contributed by atoms with Gasteiger partial charge in [0.05, 0.1) is 0 Å². The van der Waals surface area contributed by atoms with Crippen molar-refractivity contribution in [3.63, 3.8) is 0 Å². The molecule has 0 unspecified atom stereocenters. The Bertz CT molecular complexity index is 572. The second-order valence-corrected chi connectivity index (χ2v) is 4.54. The molecule has 0 atom stereocenters. The molecule has 2 N–H and O–H groups in total. The SMILES string of the molecule is CCNc1nccc(NCCc2ccc(F)cc2C)n1. The Morgan fingerprint density at radius 2 is 2.05 bits per heavy atom. The van der Waals surface area contributed by atoms with E-state index in [-0.39, 0.29) is 5.82 Å². The number of nitrogens with zero attached hydrogens (tertiary/aromatic N) is 2. The molecular formula is C15H19FN4. The number of aromatic nitrogens is 2. The first-order chi connectivity index (χ1) is 9.69. The predicted octanol–water partition coefficient (Wildman–Crippen LogP) is 3.01. The molecule has 0 aliphatic carbocycles. The van der Waals surface area contributed by atoms with Gasteiger partial charge in [0.25, 0.3) is 0 Å². The van der Waals surface area contributed by atoms with E-state index in [2.05, 4.69) is 20.6 Å². The second kappa shape index (κ2) is 6.84. The van der Waals surface area contributed by atoms with Crippen molar-refractivity contribution in [1.82, 2.24) is 9.97 Å². The van der Waals surface area contributed by atoms with Crippen LogP contribution in [0.15, 0.2) is 30.5 Å². The van der Waals surface area contributed by atoms with Crippen molar-refractivity contribution in [1.29, 1.82) is 0 Å². The minimum absolute atomic E-state index is 0.190. The number of rotatable bonds is 6. The monoisotopic (exact) mass is 274 g/mol. The molecule has 1 heterocycles. The molecule has 0 aliphatic heterocycles. The summed E-state index contributed by atoms with van der Waals surface area (Å²) in [6.45, 7) is 5.46. The molecule has 0 saturated carbocycles. The predicted molar refractivity (Wildman–Crippen MR) is 79.5 cm³/mol. The minimum Gasteiger partial charge on any atom is -0.370 e. The zero-order chi connectivity index (χ0) is 14.4. The Balaban J connectivity index is 1.90. The van der Waals surface area contributed by atoms with Gasteiger partial charge >= 0.3 is 0 Å². The molecule has 0 spiro atoms. The number of hydrogen-bond donors (Lipinski definition) is 2. The zero-order valence-electron chi connectivity index (χ0n) is 11.8. The molecule has 1 aromatic heterocycles. The summed E-state index contributed by atoms with van der Waals surface area (Å²) in [5, 5.41) is 6.32. The summed E-state index contributed by atoms with van der Waals surface area (Å²) in [6, 6.07) is 6.72. The Morgan fingerprint density at radius 1 is 1.20 bits per heavy atom. The van der Waals surface area contributed by atoms with Crippen molar-refractivity contribution in [3.8, 4) is 0 Å². The third kappa shape index (κ3) is 3.91. The number of hydrogen-bond acceptors (Lipinski definition) is 4. The summed E-state index contributed by atoms with van der Waals surface area (Å²) in [7, 11) is 0. The molecule has 0 aliphatic rings. The molecule has 5 heteroatoms. The van der Waals surface area contributed by atoms with E-state index in [9.17, 15) is 4.39 Å². The maximum atomic E-state index is 13.0. The Morgan fingerprint density at radius 3 is 2.80 bits per heavy atom. The van der Waals surface area contributed by atoms with Crippen LogP contribution in [0.5, 0.6) is 0 Å². The average Bonchev–Trinajstić information content (AvgIpc) is 2.42. The third-order valence-electron chi connectivity index (χ3n) is 3.00. The minimum atomic E-state index is -0.190. The fraction of sp³-hybridized carbons (Fsp3) is 0.333. The van der Waals surface area contributed by atoms with Crippen molar-refractivity contribution in [2.75, 3.05) is 23.7 Å². The van der Waals surface area contributed by atoms with E-state index in [4.69, 9.17) is 0 Å². The highest BCUT2D eigenvalue weighted by Crippen LogP contribution is 2.11. The molecule has 0 fully saturated rings. The first-order valence-electron chi connectivity index (χ1n) is 6.75. The molecule has 2 aromatic rings. The van der Waals surface area contributed by atoms with Crippen LogP contribution in [0.1, 0.15) is 18.1 Å². The lowest BCUT2D eigenvalue weighted by Gasteiger charge is -2.09. The van der Waals surface area contributed by atoms with E-state index in [1.54, 1.807) is 12.3 Å². The Labute approximate surface area is 118 Å². The van der Waals surface area contributed by atoms with Crippen LogP contribution in [0.2, 0.25) is 0 Å². The van der Waals surface area contributed by atoms with Gasteiger partial charge in [0.2, 0.25) is 5.95 Å². The highest BCUT2D eigenvalue weighted by Gasteiger charge is 2.01. The van der Waals surface area contributed by atoms with Crippen LogP contribution in [0.25, 0.3) is 0 Å². The number of anilines is 2. The summed E-state index contributed by atoms with van der Waals surface area (Å²) >= 11 is 0. The van der Waals surface area contributed by atoms with Crippen LogP contribution < -0.4 is 10.6 Å². The van der Waals surface area contributed by atoms with Gasteiger partial charge in [-0.25, -0.2) is 9.37 Å². The van der Waals surface area contributed by atoms with Gasteiger partial charge in [-0.05, 0) is 49.6 Å². The van der Waals surface area contributed by atoms with Gasteiger partial charge in [0.15, 0.2) is 0 Å². The maximum absolute atomic E-state index is 13.0. The summed E-state index contributed by atoms with van der Waals surface area (Å²) < 4.78 is 13.0. The summed E-state index contributed by atoms with van der Waals surface area (Å²) in [5.74, 6) is 1.22. The van der Waals surface area contributed by atoms with Gasteiger partial charge in [0.1, 0.15) is 11.6 Å². The van der Waals surface area contributed by atoms with E-state index in [0.29, 0.717) is 5.95 Å². The molecule has 1 aromatic carbocycles. The molecular weight excluding hydrogens is 255 g/mol. The molecule has 0 amide bonds. The molecule has 2 rings (SSSR count). The van der Waals surface area contributed by atoms with Crippen molar-refractivity contribution in [2.45, 2.75) is 20.3 Å². The number of aryl methyl sites for hydroxylation is 1. The van der Waals surface area contributed by atoms with Gasteiger partial charge in [-0.15, -0.1) is 0 Å². The largest absolute Gasteiger partial charge is 0.370 e. The van der Waals surface area contributed by atoms with Gasteiger partial charge in [-0.3, -0.25) is 0 Å². The second-order valence-electron chi connectivity index (χ2n) is 4.54. The van der Waals surface area contributed by atoms with Crippen molar-refractivity contribution in [3.05, 3.63) is 47.4 Å². The molecule has 0 bridgehead atoms. The Kier molecular flexibility index (Phi) is 4.87. The van der Waals surface area contributed by atoms with Crippen molar-refractivity contribution < 1.29 is 4.39 Å². The molecule has 106 valence electrons. The van der Waals surface area contributed by atoms with Crippen LogP contribution in [0.3, 0.4) is 0 Å². The summed E-state index contributed by atoms with van der Waals surface area (Å²) in [5.41, 5.74) is 2.11. The number of nitrogens with one attached hydrogen (secondary N) is 2. The van der Waals surface area contributed by atoms with Crippen molar-refractivity contribution in [2.24, 2.45) is 0 Å². The zero-order valence-corrected chi connectivity index (χ0v) is 11.8. The molecule has 0 saturated heterocycles. The van der Waals surface area contributed by atoms with Crippen LogP contribution in [-0.4, -0.2) is 23.1 Å². The summed E-state index contributed by atoms with van der Waals surface area (Å²) in [4.78, 5) is 8.45. The molecule has 20 heavy (non-hydrogen) atoms. The Hall–Kier alpha value is -2.17. The number of halogens is 1. The van der Waals surface area contributed by atoms with Crippen LogP contribution in [0, 0.1) is 12.7 Å². The quantitative estimate of drug-likeness (QED) is 0.850. The van der Waals surface area contributed by atoms with E-state index >= 15 is 0 Å². The fourth-order valence-electron chi connectivity index (χ4n) is 1.97. The maximum Gasteiger partial charge on any atom is 0.224 e. The first kappa shape index (κ1) is 14.2. The highest BCUT2D eigenvalue weighted by atomic mass is 19.1. The number of benzene rings is 1. The van der Waals surface area contributed by atoms with Gasteiger partial charge < -0.3 is 10.6 Å². The standard InChI is InChI=1S/C15H19FN4/c1-3-17-15-19-9-7-14(20-15)18-8-6-12-4-5-13(16)10-11(12)2/h4-5,7,9-10H,3,6,8H2,1-2H3,(H2,17,18,19,20). The van der Waals surface area contributed by atoms with E-state index in [1.165, 1.54) is 6.07 Å². The normalized spacial score (nSPS) is 10.3. The van der Waals surface area contributed by atoms with E-state index in [0.717, 1.165) is 36.5 Å². The first-order valence-corrected chi connectivity index (χ1v) is 6.75. The average molecular weight is 274 g/mol. The van der Waals surface area contributed by atoms with E-state index in [1.807, 2.05) is 26.0 Å². The topological polar surface area (TPSA) is 49.8 Å². The van der Waals surface area contributed by atoms with Crippen LogP contribution in [0.4, 0.5) is 16.2 Å². The lowest BCUT2D eigenvalue weighted by atomic mass is 10.1. The van der Waals surface area contributed by atoms with Crippen LogP contribution in [-0.2, 0) is 6.42 Å². The lowest BCUT2D eigenvalue weighted by Crippen LogP contribution is -2.09. The van der Waals surface area contributed by atoms with Crippen molar-refractivity contribution >= 4 is 11.8 Å². The smallest absolute Gasteiger partial charge is 0.224 e.